The Morgan fingerprint density at radius 3 is 2.93 bits per heavy atom. The normalized spacial score (nSPS) is 27.9. The monoisotopic (exact) mass is 214 g/mol. The number of hydrogen-bond acceptors (Lipinski definition) is 3. The van der Waals surface area contributed by atoms with Crippen LogP contribution in [0.5, 0.6) is 0 Å². The van der Waals surface area contributed by atoms with Crippen molar-refractivity contribution < 1.29 is 9.53 Å². The van der Waals surface area contributed by atoms with Crippen LogP contribution in [-0.2, 0) is 9.53 Å². The minimum Gasteiger partial charge on any atom is -0.383 e. The Labute approximate surface area is 92.0 Å². The van der Waals surface area contributed by atoms with Crippen LogP contribution < -0.4 is 5.32 Å². The number of carbonyl (C=O) groups is 1. The number of likely N-dealkylation sites (tertiary alicyclic amines) is 1. The summed E-state index contributed by atoms with van der Waals surface area (Å²) in [4.78, 5) is 13.9. The maximum atomic E-state index is 12.0. The maximum Gasteiger partial charge on any atom is 0.239 e. The van der Waals surface area contributed by atoms with E-state index in [0.717, 1.165) is 19.4 Å². The van der Waals surface area contributed by atoms with E-state index in [9.17, 15) is 4.79 Å². The summed E-state index contributed by atoms with van der Waals surface area (Å²) in [5.74, 6) is 0.831. The lowest BCUT2D eigenvalue weighted by atomic mass is 10.0. The minimum absolute atomic E-state index is 0.0145. The Bertz CT molecular complexity index is 209. The fourth-order valence-corrected chi connectivity index (χ4v) is 1.99. The van der Waals surface area contributed by atoms with Gasteiger partial charge in [0.05, 0.1) is 12.6 Å². The van der Waals surface area contributed by atoms with Crippen LogP contribution in [0.2, 0.25) is 0 Å². The zero-order valence-corrected chi connectivity index (χ0v) is 9.95. The Balaban J connectivity index is 2.58. The van der Waals surface area contributed by atoms with Crippen LogP contribution in [0.3, 0.4) is 0 Å². The van der Waals surface area contributed by atoms with Crippen molar-refractivity contribution >= 4 is 5.91 Å². The van der Waals surface area contributed by atoms with Crippen molar-refractivity contribution in [1.29, 1.82) is 0 Å². The van der Waals surface area contributed by atoms with Crippen LogP contribution in [0.25, 0.3) is 0 Å². The van der Waals surface area contributed by atoms with E-state index < -0.39 is 0 Å². The number of nitrogens with one attached hydrogen (secondary N) is 1. The fourth-order valence-electron chi connectivity index (χ4n) is 1.99. The van der Waals surface area contributed by atoms with Crippen LogP contribution in [0, 0.1) is 5.92 Å². The minimum atomic E-state index is -0.0145. The highest BCUT2D eigenvalue weighted by Gasteiger charge is 2.28. The average Bonchev–Trinajstić information content (AvgIpc) is 2.37. The number of rotatable bonds is 4. The van der Waals surface area contributed by atoms with Crippen LogP contribution in [0.4, 0.5) is 0 Å². The number of amides is 1. The highest BCUT2D eigenvalue weighted by atomic mass is 16.5. The Hall–Kier alpha value is -0.610. The highest BCUT2D eigenvalue weighted by molar-refractivity contribution is 5.82. The largest absolute Gasteiger partial charge is 0.383 e. The first-order chi connectivity index (χ1) is 7.19. The van der Waals surface area contributed by atoms with Crippen LogP contribution in [0.15, 0.2) is 0 Å². The van der Waals surface area contributed by atoms with E-state index in [1.165, 1.54) is 0 Å². The molecule has 88 valence electrons. The number of likely N-dealkylation sites (N-methyl/N-ethyl adjacent to an activating group) is 1. The molecule has 1 aliphatic heterocycles. The van der Waals surface area contributed by atoms with Crippen molar-refractivity contribution in [2.45, 2.75) is 25.8 Å². The lowest BCUT2D eigenvalue weighted by Crippen LogP contribution is -2.45. The lowest BCUT2D eigenvalue weighted by molar-refractivity contribution is -0.133. The number of ether oxygens (including phenoxy) is 1. The highest BCUT2D eigenvalue weighted by Crippen LogP contribution is 2.17. The molecular formula is C11H22N2O2. The third kappa shape index (κ3) is 3.47. The molecule has 1 amide bonds. The van der Waals surface area contributed by atoms with E-state index in [0.29, 0.717) is 19.1 Å². The summed E-state index contributed by atoms with van der Waals surface area (Å²) in [5, 5.41) is 3.10. The predicted molar refractivity (Wildman–Crippen MR) is 59.7 cm³/mol. The second kappa shape index (κ2) is 6.08. The lowest BCUT2D eigenvalue weighted by Gasteiger charge is -2.23. The SMILES string of the molecule is CNC1CC(C)CCN(CCOC)C1=O. The third-order valence-corrected chi connectivity index (χ3v) is 3.05. The van der Waals surface area contributed by atoms with Crippen molar-refractivity contribution in [1.82, 2.24) is 10.2 Å². The molecule has 1 fully saturated rings. The zero-order chi connectivity index (χ0) is 11.3. The molecule has 1 N–H and O–H groups in total. The summed E-state index contributed by atoms with van der Waals surface area (Å²) in [6.45, 7) is 4.40. The molecule has 0 aromatic rings. The summed E-state index contributed by atoms with van der Waals surface area (Å²) in [7, 11) is 3.52. The molecule has 0 spiro atoms. The summed E-state index contributed by atoms with van der Waals surface area (Å²) in [6, 6.07) is -0.0145. The van der Waals surface area contributed by atoms with Gasteiger partial charge in [0.1, 0.15) is 0 Å². The van der Waals surface area contributed by atoms with Crippen LogP contribution in [0.1, 0.15) is 19.8 Å². The van der Waals surface area contributed by atoms with E-state index in [1.54, 1.807) is 7.11 Å². The molecule has 0 aromatic carbocycles. The van der Waals surface area contributed by atoms with Gasteiger partial charge in [-0.3, -0.25) is 4.79 Å². The molecule has 1 heterocycles. The number of hydrogen-bond donors (Lipinski definition) is 1. The molecule has 1 aliphatic rings. The number of methoxy groups -OCH3 is 1. The first-order valence-corrected chi connectivity index (χ1v) is 5.64. The van der Waals surface area contributed by atoms with Crippen molar-refractivity contribution in [3.8, 4) is 0 Å². The van der Waals surface area contributed by atoms with Crippen molar-refractivity contribution in [3.05, 3.63) is 0 Å². The summed E-state index contributed by atoms with van der Waals surface area (Å²) < 4.78 is 5.02. The quantitative estimate of drug-likeness (QED) is 0.740. The molecule has 1 rings (SSSR count). The molecule has 0 bridgehead atoms. The van der Waals surface area contributed by atoms with E-state index in [1.807, 2.05) is 11.9 Å². The molecule has 0 aliphatic carbocycles. The van der Waals surface area contributed by atoms with Gasteiger partial charge < -0.3 is 15.0 Å². The molecular weight excluding hydrogens is 192 g/mol. The van der Waals surface area contributed by atoms with Gasteiger partial charge in [0.25, 0.3) is 0 Å². The van der Waals surface area contributed by atoms with Gasteiger partial charge in [0, 0.05) is 20.2 Å². The first kappa shape index (κ1) is 12.5. The topological polar surface area (TPSA) is 41.6 Å². The van der Waals surface area contributed by atoms with Crippen molar-refractivity contribution in [3.63, 3.8) is 0 Å². The summed E-state index contributed by atoms with van der Waals surface area (Å²) >= 11 is 0. The zero-order valence-electron chi connectivity index (χ0n) is 9.95. The number of carbonyl (C=O) groups excluding carboxylic acids is 1. The molecule has 1 saturated heterocycles. The van der Waals surface area contributed by atoms with Crippen LogP contribution >= 0.6 is 0 Å². The molecule has 2 atom stereocenters. The molecule has 4 nitrogen and oxygen atoms in total. The van der Waals surface area contributed by atoms with Gasteiger partial charge in [0.15, 0.2) is 0 Å². The van der Waals surface area contributed by atoms with E-state index in [2.05, 4.69) is 12.2 Å². The Morgan fingerprint density at radius 1 is 1.60 bits per heavy atom. The van der Waals surface area contributed by atoms with Gasteiger partial charge in [0.2, 0.25) is 5.91 Å². The molecule has 2 unspecified atom stereocenters. The third-order valence-electron chi connectivity index (χ3n) is 3.05. The van der Waals surface area contributed by atoms with Gasteiger partial charge in [-0.1, -0.05) is 6.92 Å². The summed E-state index contributed by atoms with van der Waals surface area (Å²) in [5.41, 5.74) is 0. The van der Waals surface area contributed by atoms with Gasteiger partial charge in [-0.15, -0.1) is 0 Å². The van der Waals surface area contributed by atoms with Crippen molar-refractivity contribution in [2.24, 2.45) is 5.92 Å². The predicted octanol–water partition coefficient (Wildman–Crippen LogP) is 0.479. The van der Waals surface area contributed by atoms with E-state index in [4.69, 9.17) is 4.74 Å². The number of nitrogens with zero attached hydrogens (tertiary/aromatic N) is 1. The first-order valence-electron chi connectivity index (χ1n) is 5.64. The van der Waals surface area contributed by atoms with Crippen LogP contribution in [-0.4, -0.2) is 50.7 Å². The molecule has 4 heteroatoms. The van der Waals surface area contributed by atoms with Gasteiger partial charge in [-0.2, -0.15) is 0 Å². The standard InChI is InChI=1S/C11H22N2O2/c1-9-4-5-13(6-7-15-3)11(14)10(8-9)12-2/h9-10,12H,4-8H2,1-3H3. The Morgan fingerprint density at radius 2 is 2.33 bits per heavy atom. The summed E-state index contributed by atoms with van der Waals surface area (Å²) in [6.07, 6.45) is 2.03. The second-order valence-corrected chi connectivity index (χ2v) is 4.29. The molecule has 15 heavy (non-hydrogen) atoms. The second-order valence-electron chi connectivity index (χ2n) is 4.29. The van der Waals surface area contributed by atoms with Gasteiger partial charge in [-0.25, -0.2) is 0 Å². The van der Waals surface area contributed by atoms with E-state index in [-0.39, 0.29) is 11.9 Å². The fraction of sp³-hybridized carbons (Fsp3) is 0.909. The molecule has 0 saturated carbocycles. The maximum absolute atomic E-state index is 12.0. The van der Waals surface area contributed by atoms with Crippen molar-refractivity contribution in [2.75, 3.05) is 33.9 Å². The van der Waals surface area contributed by atoms with Gasteiger partial charge in [-0.05, 0) is 25.8 Å². The van der Waals surface area contributed by atoms with Gasteiger partial charge >= 0.3 is 0 Å². The van der Waals surface area contributed by atoms with E-state index >= 15 is 0 Å². The molecule has 0 aromatic heterocycles. The average molecular weight is 214 g/mol. The Kier molecular flexibility index (Phi) is 5.05. The smallest absolute Gasteiger partial charge is 0.239 e. The molecule has 0 radical (unpaired) electrons.